The van der Waals surface area contributed by atoms with Gasteiger partial charge in [0, 0.05) is 16.2 Å². The van der Waals surface area contributed by atoms with Crippen LogP contribution < -0.4 is 4.74 Å². The predicted octanol–water partition coefficient (Wildman–Crippen LogP) is 7.99. The standard InChI is InChI=1S/C26H27F3O3S/c1-4-5-22(32-21-12-8-18(16(2)14-21)9-13-24(30)31)25-17(3)15-23(33-25)19-6-10-20(11-7-19)26(27,28)29/h6-8,10-12,14-15,22H,4-5,9,13H2,1-3H3,(H,30,31). The minimum atomic E-state index is -4.35. The Labute approximate surface area is 195 Å². The van der Waals surface area contributed by atoms with Gasteiger partial charge in [-0.1, -0.05) is 31.5 Å². The maximum absolute atomic E-state index is 12.9. The van der Waals surface area contributed by atoms with Gasteiger partial charge in [-0.05, 0) is 79.3 Å². The number of aryl methyl sites for hydroxylation is 3. The van der Waals surface area contributed by atoms with E-state index in [0.29, 0.717) is 12.2 Å². The van der Waals surface area contributed by atoms with E-state index >= 15 is 0 Å². The molecule has 0 radical (unpaired) electrons. The number of benzene rings is 2. The molecule has 0 aliphatic carbocycles. The fourth-order valence-electron chi connectivity index (χ4n) is 3.72. The molecule has 0 aliphatic rings. The molecule has 1 atom stereocenters. The lowest BCUT2D eigenvalue weighted by Gasteiger charge is -2.19. The lowest BCUT2D eigenvalue weighted by atomic mass is 10.0. The van der Waals surface area contributed by atoms with Crippen LogP contribution in [0.3, 0.4) is 0 Å². The maximum atomic E-state index is 12.9. The van der Waals surface area contributed by atoms with Crippen molar-refractivity contribution in [2.75, 3.05) is 0 Å². The third-order valence-corrected chi connectivity index (χ3v) is 6.88. The largest absolute Gasteiger partial charge is 0.485 e. The molecule has 3 aromatic rings. The Bertz CT molecular complexity index is 1100. The minimum Gasteiger partial charge on any atom is -0.485 e. The first-order valence-electron chi connectivity index (χ1n) is 10.8. The van der Waals surface area contributed by atoms with E-state index < -0.39 is 17.7 Å². The Balaban J connectivity index is 1.82. The van der Waals surface area contributed by atoms with Gasteiger partial charge in [-0.2, -0.15) is 13.2 Å². The van der Waals surface area contributed by atoms with Crippen molar-refractivity contribution in [2.45, 2.75) is 58.7 Å². The van der Waals surface area contributed by atoms with Crippen LogP contribution in [-0.2, 0) is 17.4 Å². The number of alkyl halides is 3. The molecule has 0 fully saturated rings. The predicted molar refractivity (Wildman–Crippen MR) is 125 cm³/mol. The van der Waals surface area contributed by atoms with Gasteiger partial charge in [-0.3, -0.25) is 4.79 Å². The van der Waals surface area contributed by atoms with Gasteiger partial charge in [0.1, 0.15) is 11.9 Å². The van der Waals surface area contributed by atoms with Gasteiger partial charge >= 0.3 is 12.1 Å². The second kappa shape index (κ2) is 10.4. The molecule has 0 spiro atoms. The first kappa shape index (κ1) is 24.8. The first-order valence-corrected chi connectivity index (χ1v) is 11.7. The molecular weight excluding hydrogens is 449 g/mol. The summed E-state index contributed by atoms with van der Waals surface area (Å²) in [6.45, 7) is 6.01. The highest BCUT2D eigenvalue weighted by Gasteiger charge is 2.30. The van der Waals surface area contributed by atoms with Crippen molar-refractivity contribution in [1.82, 2.24) is 0 Å². The van der Waals surface area contributed by atoms with Crippen molar-refractivity contribution in [1.29, 1.82) is 0 Å². The van der Waals surface area contributed by atoms with Crippen molar-refractivity contribution in [3.05, 3.63) is 75.7 Å². The zero-order valence-electron chi connectivity index (χ0n) is 18.8. The molecular formula is C26H27F3O3S. The summed E-state index contributed by atoms with van der Waals surface area (Å²) in [6.07, 6.45) is -2.26. The van der Waals surface area contributed by atoms with Gasteiger partial charge in [0.05, 0.1) is 5.56 Å². The number of hydrogen-bond acceptors (Lipinski definition) is 3. The SMILES string of the molecule is CCCC(Oc1ccc(CCC(=O)O)c(C)c1)c1sc(-c2ccc(C(F)(F)F)cc2)cc1C. The molecule has 33 heavy (non-hydrogen) atoms. The molecule has 7 heteroatoms. The highest BCUT2D eigenvalue weighted by atomic mass is 32.1. The number of carboxylic acids is 1. The van der Waals surface area contributed by atoms with Crippen LogP contribution in [0.25, 0.3) is 10.4 Å². The van der Waals surface area contributed by atoms with Crippen LogP contribution in [0.15, 0.2) is 48.5 Å². The van der Waals surface area contributed by atoms with Gasteiger partial charge in [-0.25, -0.2) is 0 Å². The number of halogens is 3. The van der Waals surface area contributed by atoms with Crippen LogP contribution in [0.1, 0.15) is 59.4 Å². The number of thiophene rings is 1. The Hall–Kier alpha value is -2.80. The molecule has 1 N–H and O–H groups in total. The van der Waals surface area contributed by atoms with Gasteiger partial charge in [-0.15, -0.1) is 11.3 Å². The van der Waals surface area contributed by atoms with E-state index in [4.69, 9.17) is 9.84 Å². The summed E-state index contributed by atoms with van der Waals surface area (Å²) in [4.78, 5) is 12.8. The van der Waals surface area contributed by atoms with Gasteiger partial charge < -0.3 is 9.84 Å². The van der Waals surface area contributed by atoms with Crippen molar-refractivity contribution in [2.24, 2.45) is 0 Å². The lowest BCUT2D eigenvalue weighted by Crippen LogP contribution is -2.07. The summed E-state index contributed by atoms with van der Waals surface area (Å²) >= 11 is 1.54. The molecule has 3 nitrogen and oxygen atoms in total. The first-order chi connectivity index (χ1) is 15.6. The third-order valence-electron chi connectivity index (χ3n) is 5.50. The summed E-state index contributed by atoms with van der Waals surface area (Å²) in [7, 11) is 0. The topological polar surface area (TPSA) is 46.5 Å². The Morgan fingerprint density at radius 3 is 2.33 bits per heavy atom. The number of hydrogen-bond donors (Lipinski definition) is 1. The molecule has 0 saturated heterocycles. The van der Waals surface area contributed by atoms with Gasteiger partial charge in [0.25, 0.3) is 0 Å². The molecule has 2 aromatic carbocycles. The Kier molecular flexibility index (Phi) is 7.84. The van der Waals surface area contributed by atoms with Crippen molar-refractivity contribution in [3.8, 4) is 16.2 Å². The number of aliphatic carboxylic acids is 1. The van der Waals surface area contributed by atoms with Crippen LogP contribution in [0.4, 0.5) is 13.2 Å². The highest BCUT2D eigenvalue weighted by Crippen LogP contribution is 2.39. The summed E-state index contributed by atoms with van der Waals surface area (Å²) in [5.41, 5.74) is 3.10. The molecule has 0 aliphatic heterocycles. The molecule has 0 saturated carbocycles. The summed E-state index contributed by atoms with van der Waals surface area (Å²) in [5.74, 6) is -0.108. The van der Waals surface area contributed by atoms with Crippen LogP contribution in [0, 0.1) is 13.8 Å². The quantitative estimate of drug-likeness (QED) is 0.340. The zero-order chi connectivity index (χ0) is 24.2. The lowest BCUT2D eigenvalue weighted by molar-refractivity contribution is -0.138. The van der Waals surface area contributed by atoms with Crippen molar-refractivity contribution in [3.63, 3.8) is 0 Å². The number of carbonyl (C=O) groups is 1. The maximum Gasteiger partial charge on any atom is 0.416 e. The van der Waals surface area contributed by atoms with E-state index in [-0.39, 0.29) is 12.5 Å². The van der Waals surface area contributed by atoms with Crippen LogP contribution in [0.2, 0.25) is 0 Å². The fraction of sp³-hybridized carbons (Fsp3) is 0.346. The third kappa shape index (κ3) is 6.38. The van der Waals surface area contributed by atoms with E-state index in [1.807, 2.05) is 38.1 Å². The highest BCUT2D eigenvalue weighted by molar-refractivity contribution is 7.15. The van der Waals surface area contributed by atoms with E-state index in [9.17, 15) is 18.0 Å². The van der Waals surface area contributed by atoms with Crippen LogP contribution >= 0.6 is 11.3 Å². The second-order valence-corrected chi connectivity index (χ2v) is 9.19. The number of ether oxygens (including phenoxy) is 1. The molecule has 0 amide bonds. The molecule has 1 aromatic heterocycles. The van der Waals surface area contributed by atoms with E-state index in [1.165, 1.54) is 12.1 Å². The Morgan fingerprint density at radius 2 is 1.76 bits per heavy atom. The monoisotopic (exact) mass is 476 g/mol. The number of rotatable bonds is 9. The fourth-order valence-corrected chi connectivity index (χ4v) is 4.96. The van der Waals surface area contributed by atoms with Crippen LogP contribution in [0.5, 0.6) is 5.75 Å². The van der Waals surface area contributed by atoms with Crippen molar-refractivity contribution < 1.29 is 27.8 Å². The van der Waals surface area contributed by atoms with Crippen LogP contribution in [-0.4, -0.2) is 11.1 Å². The van der Waals surface area contributed by atoms with E-state index in [1.54, 1.807) is 11.3 Å². The molecule has 0 bridgehead atoms. The molecule has 176 valence electrons. The smallest absolute Gasteiger partial charge is 0.416 e. The minimum absolute atomic E-state index is 0.0839. The molecule has 3 rings (SSSR count). The normalized spacial score (nSPS) is 12.5. The van der Waals surface area contributed by atoms with E-state index in [0.717, 1.165) is 57.0 Å². The summed E-state index contributed by atoms with van der Waals surface area (Å²) < 4.78 is 45.0. The average molecular weight is 477 g/mol. The Morgan fingerprint density at radius 1 is 1.06 bits per heavy atom. The van der Waals surface area contributed by atoms with Gasteiger partial charge in [0.15, 0.2) is 0 Å². The average Bonchev–Trinajstić information content (AvgIpc) is 3.14. The second-order valence-electron chi connectivity index (χ2n) is 8.11. The molecule has 1 unspecified atom stereocenters. The van der Waals surface area contributed by atoms with Crippen molar-refractivity contribution >= 4 is 17.3 Å². The van der Waals surface area contributed by atoms with E-state index in [2.05, 4.69) is 6.92 Å². The number of carboxylic acid groups (broad SMARTS) is 1. The summed E-state index contributed by atoms with van der Waals surface area (Å²) in [6, 6.07) is 12.9. The van der Waals surface area contributed by atoms with Gasteiger partial charge in [0.2, 0.25) is 0 Å². The summed E-state index contributed by atoms with van der Waals surface area (Å²) in [5, 5.41) is 8.91. The molecule has 1 heterocycles. The zero-order valence-corrected chi connectivity index (χ0v) is 19.6.